The van der Waals surface area contributed by atoms with Crippen molar-refractivity contribution in [1.82, 2.24) is 10.3 Å². The van der Waals surface area contributed by atoms with Gasteiger partial charge >= 0.3 is 0 Å². The lowest BCUT2D eigenvalue weighted by atomic mass is 10.1. The summed E-state index contributed by atoms with van der Waals surface area (Å²) in [6.45, 7) is 2.15. The number of nitrogens with one attached hydrogen (secondary N) is 2. The average molecular weight is 320 g/mol. The minimum Gasteiger partial charge on any atom is -0.366 e. The van der Waals surface area contributed by atoms with Crippen LogP contribution >= 0.6 is 15.9 Å². The summed E-state index contributed by atoms with van der Waals surface area (Å²) in [7, 11) is 0. The van der Waals surface area contributed by atoms with Gasteiger partial charge in [0, 0.05) is 34.0 Å². The summed E-state index contributed by atoms with van der Waals surface area (Å²) in [6, 6.07) is 8.78. The molecule has 3 rings (SSSR count). The highest BCUT2D eigenvalue weighted by atomic mass is 79.9. The Kier molecular flexibility index (Phi) is 3.99. The third-order valence-electron chi connectivity index (χ3n) is 3.64. The van der Waals surface area contributed by atoms with Crippen molar-refractivity contribution in [2.24, 2.45) is 0 Å². The largest absolute Gasteiger partial charge is 0.366 e. The third kappa shape index (κ3) is 2.90. The van der Waals surface area contributed by atoms with E-state index in [9.17, 15) is 0 Å². The second-order valence-corrected chi connectivity index (χ2v) is 5.89. The van der Waals surface area contributed by atoms with E-state index in [4.69, 9.17) is 0 Å². The minimum atomic E-state index is 0.472. The number of pyridine rings is 1. The Bertz CT molecular complexity index is 562. The van der Waals surface area contributed by atoms with Gasteiger partial charge in [0.05, 0.1) is 0 Å². The van der Waals surface area contributed by atoms with E-state index in [0.29, 0.717) is 6.04 Å². The summed E-state index contributed by atoms with van der Waals surface area (Å²) in [5.41, 5.74) is 0. The molecule has 1 aromatic heterocycles. The number of rotatable bonds is 2. The molecule has 1 aliphatic heterocycles. The molecular formula is C15H18BrN3. The number of nitrogens with zero attached hydrogens (tertiary/aromatic N) is 1. The molecular weight excluding hydrogens is 302 g/mol. The Balaban J connectivity index is 1.90. The van der Waals surface area contributed by atoms with Gasteiger partial charge in [-0.3, -0.25) is 0 Å². The Morgan fingerprint density at radius 3 is 3.11 bits per heavy atom. The first-order chi connectivity index (χ1) is 9.34. The monoisotopic (exact) mass is 319 g/mol. The van der Waals surface area contributed by atoms with Crippen molar-refractivity contribution >= 4 is 32.5 Å². The lowest BCUT2D eigenvalue weighted by molar-refractivity contribution is 0.634. The van der Waals surface area contributed by atoms with Gasteiger partial charge in [0.25, 0.3) is 0 Å². The molecule has 19 heavy (non-hydrogen) atoms. The van der Waals surface area contributed by atoms with Crippen LogP contribution in [0, 0.1) is 0 Å². The quantitative estimate of drug-likeness (QED) is 0.888. The Morgan fingerprint density at radius 2 is 2.16 bits per heavy atom. The van der Waals surface area contributed by atoms with Gasteiger partial charge in [-0.05, 0) is 31.5 Å². The molecule has 2 N–H and O–H groups in total. The minimum absolute atomic E-state index is 0.472. The maximum atomic E-state index is 4.51. The van der Waals surface area contributed by atoms with Crippen LogP contribution in [-0.2, 0) is 0 Å². The number of fused-ring (bicyclic) bond motifs is 1. The normalized spacial score (nSPS) is 20.2. The molecule has 1 fully saturated rings. The lowest BCUT2D eigenvalue weighted by Crippen LogP contribution is -2.31. The highest BCUT2D eigenvalue weighted by Crippen LogP contribution is 2.28. The average Bonchev–Trinajstić information content (AvgIpc) is 2.69. The molecule has 0 saturated carbocycles. The fourth-order valence-electron chi connectivity index (χ4n) is 2.62. The zero-order valence-corrected chi connectivity index (χ0v) is 12.4. The van der Waals surface area contributed by atoms with Gasteiger partial charge in [-0.1, -0.05) is 34.5 Å². The van der Waals surface area contributed by atoms with Gasteiger partial charge in [0.2, 0.25) is 0 Å². The van der Waals surface area contributed by atoms with Gasteiger partial charge < -0.3 is 10.6 Å². The van der Waals surface area contributed by atoms with E-state index >= 15 is 0 Å². The number of benzene rings is 1. The van der Waals surface area contributed by atoms with E-state index in [0.717, 1.165) is 23.4 Å². The Labute approximate surface area is 121 Å². The summed E-state index contributed by atoms with van der Waals surface area (Å²) in [4.78, 5) is 4.51. The smallest absolute Gasteiger partial charge is 0.134 e. The van der Waals surface area contributed by atoms with Crippen LogP contribution in [0.5, 0.6) is 0 Å². The van der Waals surface area contributed by atoms with Crippen molar-refractivity contribution in [2.45, 2.75) is 25.3 Å². The zero-order chi connectivity index (χ0) is 13.1. The van der Waals surface area contributed by atoms with Gasteiger partial charge in [-0.25, -0.2) is 4.98 Å². The number of hydrogen-bond donors (Lipinski definition) is 2. The van der Waals surface area contributed by atoms with Gasteiger partial charge in [-0.15, -0.1) is 0 Å². The van der Waals surface area contributed by atoms with Crippen molar-refractivity contribution in [3.05, 3.63) is 34.9 Å². The van der Waals surface area contributed by atoms with Crippen LogP contribution in [0.2, 0.25) is 0 Å². The fraction of sp³-hybridized carbons (Fsp3) is 0.400. The van der Waals surface area contributed by atoms with Crippen molar-refractivity contribution < 1.29 is 0 Å². The summed E-state index contributed by atoms with van der Waals surface area (Å²) >= 11 is 3.60. The molecule has 1 aliphatic rings. The van der Waals surface area contributed by atoms with Crippen LogP contribution < -0.4 is 10.6 Å². The molecule has 2 aromatic rings. The van der Waals surface area contributed by atoms with Crippen LogP contribution in [0.4, 0.5) is 5.82 Å². The molecule has 3 nitrogen and oxygen atoms in total. The summed E-state index contributed by atoms with van der Waals surface area (Å²) in [6.07, 6.45) is 5.63. The van der Waals surface area contributed by atoms with E-state index in [1.807, 2.05) is 6.20 Å². The van der Waals surface area contributed by atoms with E-state index in [1.165, 1.54) is 30.0 Å². The second kappa shape index (κ2) is 5.88. The summed E-state index contributed by atoms with van der Waals surface area (Å²) < 4.78 is 1.12. The molecule has 1 aromatic carbocycles. The first kappa shape index (κ1) is 12.9. The van der Waals surface area contributed by atoms with Crippen molar-refractivity contribution in [3.8, 4) is 0 Å². The lowest BCUT2D eigenvalue weighted by Gasteiger charge is -2.18. The van der Waals surface area contributed by atoms with Crippen LogP contribution in [-0.4, -0.2) is 24.1 Å². The third-order valence-corrected chi connectivity index (χ3v) is 4.33. The van der Waals surface area contributed by atoms with E-state index in [1.54, 1.807) is 0 Å². The van der Waals surface area contributed by atoms with E-state index in [2.05, 4.69) is 55.8 Å². The van der Waals surface area contributed by atoms with Crippen LogP contribution in [0.3, 0.4) is 0 Å². The van der Waals surface area contributed by atoms with Gasteiger partial charge in [-0.2, -0.15) is 0 Å². The van der Waals surface area contributed by atoms with Gasteiger partial charge in [0.15, 0.2) is 0 Å². The van der Waals surface area contributed by atoms with Crippen LogP contribution in [0.1, 0.15) is 19.3 Å². The van der Waals surface area contributed by atoms with Gasteiger partial charge in [0.1, 0.15) is 5.82 Å². The zero-order valence-electron chi connectivity index (χ0n) is 10.8. The standard InChI is InChI=1S/C15H18BrN3/c16-14-6-3-5-13-12(14)7-9-18-15(13)19-11-4-1-2-8-17-10-11/h3,5-7,9,11,17H,1-2,4,8,10H2,(H,18,19). The molecule has 0 radical (unpaired) electrons. The first-order valence-electron chi connectivity index (χ1n) is 6.85. The fourth-order valence-corrected chi connectivity index (χ4v) is 3.12. The molecule has 1 unspecified atom stereocenters. The highest BCUT2D eigenvalue weighted by Gasteiger charge is 2.13. The van der Waals surface area contributed by atoms with E-state index < -0.39 is 0 Å². The molecule has 100 valence electrons. The second-order valence-electron chi connectivity index (χ2n) is 5.04. The topological polar surface area (TPSA) is 37.0 Å². The number of anilines is 1. The molecule has 2 heterocycles. The molecule has 1 atom stereocenters. The number of halogens is 1. The highest BCUT2D eigenvalue weighted by molar-refractivity contribution is 9.10. The van der Waals surface area contributed by atoms with Crippen molar-refractivity contribution in [3.63, 3.8) is 0 Å². The van der Waals surface area contributed by atoms with E-state index in [-0.39, 0.29) is 0 Å². The first-order valence-corrected chi connectivity index (χ1v) is 7.64. The molecule has 0 bridgehead atoms. The Morgan fingerprint density at radius 1 is 1.21 bits per heavy atom. The predicted molar refractivity (Wildman–Crippen MR) is 83.6 cm³/mol. The molecule has 0 spiro atoms. The number of hydrogen-bond acceptors (Lipinski definition) is 3. The van der Waals surface area contributed by atoms with Crippen molar-refractivity contribution in [1.29, 1.82) is 0 Å². The van der Waals surface area contributed by atoms with Crippen LogP contribution in [0.15, 0.2) is 34.9 Å². The maximum Gasteiger partial charge on any atom is 0.134 e. The van der Waals surface area contributed by atoms with Crippen LogP contribution in [0.25, 0.3) is 10.8 Å². The summed E-state index contributed by atoms with van der Waals surface area (Å²) in [5.74, 6) is 0.993. The molecule has 0 aliphatic carbocycles. The van der Waals surface area contributed by atoms with Crippen molar-refractivity contribution in [2.75, 3.05) is 18.4 Å². The molecule has 1 saturated heterocycles. The summed E-state index contributed by atoms with van der Waals surface area (Å²) in [5, 5.41) is 9.47. The SMILES string of the molecule is Brc1cccc2c(NC3CCCCNC3)nccc12. The number of aromatic nitrogens is 1. The molecule has 4 heteroatoms. The predicted octanol–water partition coefficient (Wildman–Crippen LogP) is 3.55. The molecule has 0 amide bonds. The Hall–Kier alpha value is -1.13. The maximum absolute atomic E-state index is 4.51.